The van der Waals surface area contributed by atoms with Gasteiger partial charge >= 0.3 is 0 Å². The number of hydrogen-bond donors (Lipinski definition) is 2. The molecule has 3 heterocycles. The van der Waals surface area contributed by atoms with Gasteiger partial charge in [-0.1, -0.05) is 30.3 Å². The highest BCUT2D eigenvalue weighted by atomic mass is 19.1. The van der Waals surface area contributed by atoms with Crippen LogP contribution in [0, 0.1) is 17.7 Å². The maximum absolute atomic E-state index is 13.3. The fourth-order valence-electron chi connectivity index (χ4n) is 4.91. The van der Waals surface area contributed by atoms with Crippen LogP contribution >= 0.6 is 0 Å². The van der Waals surface area contributed by atoms with Crippen LogP contribution in [-0.4, -0.2) is 28.7 Å². The molecule has 5 rings (SSSR count). The number of halogens is 1. The highest BCUT2D eigenvalue weighted by molar-refractivity contribution is 6.15. The quantitative estimate of drug-likeness (QED) is 0.780. The first-order valence-electron chi connectivity index (χ1n) is 9.22. The van der Waals surface area contributed by atoms with Crippen molar-refractivity contribution in [3.05, 3.63) is 65.5 Å². The third kappa shape index (κ3) is 2.08. The lowest BCUT2D eigenvalue weighted by Crippen LogP contribution is -2.52. The number of carbonyl (C=O) groups excluding carboxylic acids is 3. The molecule has 3 amide bonds. The van der Waals surface area contributed by atoms with Gasteiger partial charge in [-0.05, 0) is 30.7 Å². The third-order valence-corrected chi connectivity index (χ3v) is 6.12. The Morgan fingerprint density at radius 2 is 1.75 bits per heavy atom. The van der Waals surface area contributed by atoms with Gasteiger partial charge in [-0.15, -0.1) is 0 Å². The molecule has 4 atom stereocenters. The van der Waals surface area contributed by atoms with E-state index in [0.29, 0.717) is 16.8 Å². The molecule has 2 aromatic carbocycles. The Bertz CT molecular complexity index is 1020. The van der Waals surface area contributed by atoms with Crippen molar-refractivity contribution >= 4 is 23.4 Å². The molecule has 7 heteroatoms. The van der Waals surface area contributed by atoms with E-state index in [2.05, 4.69) is 10.6 Å². The molecule has 28 heavy (non-hydrogen) atoms. The average Bonchev–Trinajstić information content (AvgIpc) is 3.23. The molecule has 0 radical (unpaired) electrons. The zero-order valence-electron chi connectivity index (χ0n) is 15.1. The number of likely N-dealkylation sites (tertiary alicyclic amines) is 1. The molecule has 2 fully saturated rings. The second kappa shape index (κ2) is 5.72. The number of rotatable bonds is 2. The van der Waals surface area contributed by atoms with Crippen molar-refractivity contribution in [1.29, 1.82) is 0 Å². The van der Waals surface area contributed by atoms with Crippen LogP contribution in [0.1, 0.15) is 18.1 Å². The van der Waals surface area contributed by atoms with Crippen molar-refractivity contribution in [3.8, 4) is 0 Å². The molecular formula is C21H18FN3O3. The van der Waals surface area contributed by atoms with Crippen LogP contribution in [0.3, 0.4) is 0 Å². The highest BCUT2D eigenvalue weighted by Crippen LogP contribution is 2.52. The van der Waals surface area contributed by atoms with E-state index < -0.39 is 17.4 Å². The van der Waals surface area contributed by atoms with Crippen LogP contribution in [0.25, 0.3) is 0 Å². The summed E-state index contributed by atoms with van der Waals surface area (Å²) in [4.78, 5) is 40.6. The largest absolute Gasteiger partial charge is 0.324 e. The molecule has 0 aromatic heterocycles. The second-order valence-electron chi connectivity index (χ2n) is 7.63. The molecular weight excluding hydrogens is 361 g/mol. The molecule has 2 aromatic rings. The van der Waals surface area contributed by atoms with E-state index in [-0.39, 0.29) is 36.1 Å². The summed E-state index contributed by atoms with van der Waals surface area (Å²) in [6, 6.07) is 12.6. The molecule has 2 saturated heterocycles. The maximum Gasteiger partial charge on any atom is 0.250 e. The summed E-state index contributed by atoms with van der Waals surface area (Å²) in [6.45, 7) is 1.89. The van der Waals surface area contributed by atoms with E-state index in [4.69, 9.17) is 0 Å². The minimum atomic E-state index is -1.25. The van der Waals surface area contributed by atoms with Gasteiger partial charge in [-0.2, -0.15) is 0 Å². The lowest BCUT2D eigenvalue weighted by Gasteiger charge is -2.29. The Labute approximate surface area is 160 Å². The van der Waals surface area contributed by atoms with E-state index in [1.165, 1.54) is 17.0 Å². The number of carbonyl (C=O) groups is 3. The minimum Gasteiger partial charge on any atom is -0.324 e. The maximum atomic E-state index is 13.3. The standard InChI is InChI=1S/C21H18FN3O3/c1-11-16-17(21(24-11)14-4-2-3-5-15(14)23-20(21)28)19(27)25(18(16)26)10-12-6-8-13(22)9-7-12/h2-9,11,16-17,24H,10H2,1H3,(H,23,28)/t11-,16+,17+,21+/m0/s1. The van der Waals surface area contributed by atoms with Crippen LogP contribution in [-0.2, 0) is 26.5 Å². The molecule has 1 spiro atoms. The van der Waals surface area contributed by atoms with Crippen LogP contribution < -0.4 is 10.6 Å². The molecule has 6 nitrogen and oxygen atoms in total. The highest BCUT2D eigenvalue weighted by Gasteiger charge is 2.69. The SMILES string of the molecule is C[C@@H]1N[C@@]2(C(=O)Nc3ccccc32)[C@H]2C(=O)N(Cc3ccc(F)cc3)C(=O)[C@H]12. The van der Waals surface area contributed by atoms with E-state index in [1.807, 2.05) is 25.1 Å². The lowest BCUT2D eigenvalue weighted by atomic mass is 9.76. The van der Waals surface area contributed by atoms with Crippen LogP contribution in [0.2, 0.25) is 0 Å². The summed E-state index contributed by atoms with van der Waals surface area (Å²) in [6.07, 6.45) is 0. The molecule has 0 unspecified atom stereocenters. The molecule has 3 aliphatic heterocycles. The number of benzene rings is 2. The zero-order valence-corrected chi connectivity index (χ0v) is 15.1. The molecule has 142 valence electrons. The number of anilines is 1. The van der Waals surface area contributed by atoms with E-state index in [0.717, 1.165) is 0 Å². The van der Waals surface area contributed by atoms with Gasteiger partial charge in [0.2, 0.25) is 17.7 Å². The third-order valence-electron chi connectivity index (χ3n) is 6.12. The normalized spacial score (nSPS) is 30.7. The first-order valence-corrected chi connectivity index (χ1v) is 9.22. The van der Waals surface area contributed by atoms with Crippen molar-refractivity contribution in [2.24, 2.45) is 11.8 Å². The summed E-state index contributed by atoms with van der Waals surface area (Å²) in [5, 5.41) is 6.10. The predicted octanol–water partition coefficient (Wildman–Crippen LogP) is 1.77. The number of amides is 3. The van der Waals surface area contributed by atoms with Gasteiger partial charge in [0, 0.05) is 17.3 Å². The van der Waals surface area contributed by atoms with Gasteiger partial charge in [0.15, 0.2) is 0 Å². The average molecular weight is 379 g/mol. The summed E-state index contributed by atoms with van der Waals surface area (Å²) in [5.41, 5.74) is 0.772. The van der Waals surface area contributed by atoms with E-state index in [1.54, 1.807) is 18.2 Å². The van der Waals surface area contributed by atoms with Crippen LogP contribution in [0.5, 0.6) is 0 Å². The Morgan fingerprint density at radius 3 is 2.50 bits per heavy atom. The Hall–Kier alpha value is -3.06. The Morgan fingerprint density at radius 1 is 1.04 bits per heavy atom. The Balaban J connectivity index is 1.56. The fourth-order valence-corrected chi connectivity index (χ4v) is 4.91. The van der Waals surface area contributed by atoms with Gasteiger partial charge in [0.05, 0.1) is 18.4 Å². The first kappa shape index (κ1) is 17.1. The smallest absolute Gasteiger partial charge is 0.250 e. The van der Waals surface area contributed by atoms with Gasteiger partial charge < -0.3 is 5.32 Å². The van der Waals surface area contributed by atoms with Gasteiger partial charge in [-0.25, -0.2) is 4.39 Å². The number of fused-ring (bicyclic) bond motifs is 4. The van der Waals surface area contributed by atoms with E-state index >= 15 is 0 Å². The number of para-hydroxylation sites is 1. The number of hydrogen-bond acceptors (Lipinski definition) is 4. The summed E-state index contributed by atoms with van der Waals surface area (Å²) in [7, 11) is 0. The van der Waals surface area contributed by atoms with Gasteiger partial charge in [0.1, 0.15) is 11.4 Å². The summed E-state index contributed by atoms with van der Waals surface area (Å²) < 4.78 is 13.2. The predicted molar refractivity (Wildman–Crippen MR) is 98.3 cm³/mol. The molecule has 3 aliphatic rings. The van der Waals surface area contributed by atoms with Gasteiger partial charge in [0.25, 0.3) is 0 Å². The van der Waals surface area contributed by atoms with Crippen molar-refractivity contribution in [1.82, 2.24) is 10.2 Å². The Kier molecular flexibility index (Phi) is 3.49. The van der Waals surface area contributed by atoms with Crippen molar-refractivity contribution in [2.45, 2.75) is 25.0 Å². The molecule has 2 N–H and O–H groups in total. The van der Waals surface area contributed by atoms with Crippen molar-refractivity contribution < 1.29 is 18.8 Å². The van der Waals surface area contributed by atoms with E-state index in [9.17, 15) is 18.8 Å². The summed E-state index contributed by atoms with van der Waals surface area (Å²) in [5.74, 6) is -2.78. The fraction of sp³-hybridized carbons (Fsp3) is 0.286. The topological polar surface area (TPSA) is 78.5 Å². The molecule has 0 aliphatic carbocycles. The van der Waals surface area contributed by atoms with Crippen molar-refractivity contribution in [3.63, 3.8) is 0 Å². The van der Waals surface area contributed by atoms with Crippen LogP contribution in [0.4, 0.5) is 10.1 Å². The first-order chi connectivity index (χ1) is 13.4. The molecule has 0 bridgehead atoms. The monoisotopic (exact) mass is 379 g/mol. The van der Waals surface area contributed by atoms with Crippen molar-refractivity contribution in [2.75, 3.05) is 5.32 Å². The summed E-state index contributed by atoms with van der Waals surface area (Å²) >= 11 is 0. The zero-order chi connectivity index (χ0) is 19.6. The number of nitrogens with one attached hydrogen (secondary N) is 2. The lowest BCUT2D eigenvalue weighted by molar-refractivity contribution is -0.143. The second-order valence-corrected chi connectivity index (χ2v) is 7.63. The molecule has 0 saturated carbocycles. The van der Waals surface area contributed by atoms with Crippen LogP contribution in [0.15, 0.2) is 48.5 Å². The number of nitrogens with zero attached hydrogens (tertiary/aromatic N) is 1. The minimum absolute atomic E-state index is 0.0665. The van der Waals surface area contributed by atoms with Gasteiger partial charge in [-0.3, -0.25) is 24.6 Å². The number of imide groups is 1.